The first-order chi connectivity index (χ1) is 9.04. The fourth-order valence-electron chi connectivity index (χ4n) is 1.95. The third kappa shape index (κ3) is 4.01. The topological polar surface area (TPSA) is 20.2 Å². The monoisotopic (exact) mass is 282 g/mol. The van der Waals surface area contributed by atoms with Gasteiger partial charge >= 0.3 is 0 Å². The lowest BCUT2D eigenvalue weighted by atomic mass is 10.0. The highest BCUT2D eigenvalue weighted by molar-refractivity contribution is 6.30. The molecule has 2 rings (SSSR count). The Kier molecular flexibility index (Phi) is 4.51. The summed E-state index contributed by atoms with van der Waals surface area (Å²) >= 11 is 5.66. The van der Waals surface area contributed by atoms with Gasteiger partial charge in [-0.2, -0.15) is 0 Å². The molecule has 0 heterocycles. The summed E-state index contributed by atoms with van der Waals surface area (Å²) in [4.78, 5) is 0. The molecule has 1 N–H and O–H groups in total. The Balaban J connectivity index is 2.03. The van der Waals surface area contributed by atoms with Gasteiger partial charge in [0, 0.05) is 11.4 Å². The molecule has 0 amide bonds. The van der Waals surface area contributed by atoms with E-state index in [1.807, 2.05) is 0 Å². The van der Waals surface area contributed by atoms with Crippen molar-refractivity contribution in [1.82, 2.24) is 0 Å². The molecule has 1 atom stereocenters. The van der Waals surface area contributed by atoms with Gasteiger partial charge < -0.3 is 5.11 Å². The Labute approximate surface area is 115 Å². The summed E-state index contributed by atoms with van der Waals surface area (Å²) in [5.74, 6) is -0.784. The van der Waals surface area contributed by atoms with Crippen molar-refractivity contribution in [2.45, 2.75) is 18.9 Å². The zero-order valence-corrected chi connectivity index (χ0v) is 10.9. The lowest BCUT2D eigenvalue weighted by molar-refractivity contribution is 0.174. The van der Waals surface area contributed by atoms with Crippen LogP contribution in [0, 0.1) is 11.6 Å². The fourth-order valence-corrected chi connectivity index (χ4v) is 2.11. The molecule has 0 saturated heterocycles. The van der Waals surface area contributed by atoms with Crippen molar-refractivity contribution >= 4 is 11.6 Å². The van der Waals surface area contributed by atoms with Crippen LogP contribution in [0.1, 0.15) is 11.1 Å². The average Bonchev–Trinajstić information content (AvgIpc) is 2.33. The van der Waals surface area contributed by atoms with Crippen LogP contribution in [0.4, 0.5) is 8.78 Å². The van der Waals surface area contributed by atoms with Gasteiger partial charge in [-0.3, -0.25) is 0 Å². The summed E-state index contributed by atoms with van der Waals surface area (Å²) in [7, 11) is 0. The molecular weight excluding hydrogens is 270 g/mol. The summed E-state index contributed by atoms with van der Waals surface area (Å²) in [6.45, 7) is 0. The first-order valence-electron chi connectivity index (χ1n) is 5.91. The fraction of sp³-hybridized carbons (Fsp3) is 0.200. The maximum absolute atomic E-state index is 13.6. The van der Waals surface area contributed by atoms with Gasteiger partial charge in [0.2, 0.25) is 0 Å². The minimum atomic E-state index is -0.766. The molecule has 0 aliphatic carbocycles. The second-order valence-electron chi connectivity index (χ2n) is 4.43. The highest BCUT2D eigenvalue weighted by atomic mass is 35.5. The molecule has 19 heavy (non-hydrogen) atoms. The van der Waals surface area contributed by atoms with Crippen LogP contribution in [0.5, 0.6) is 0 Å². The van der Waals surface area contributed by atoms with Crippen LogP contribution < -0.4 is 0 Å². The number of hydrogen-bond acceptors (Lipinski definition) is 1. The van der Waals surface area contributed by atoms with Crippen molar-refractivity contribution in [3.63, 3.8) is 0 Å². The van der Waals surface area contributed by atoms with Gasteiger partial charge in [-0.05, 0) is 41.8 Å². The quantitative estimate of drug-likeness (QED) is 0.905. The molecule has 0 fully saturated rings. The summed E-state index contributed by atoms with van der Waals surface area (Å²) in [5, 5.41) is 10.2. The van der Waals surface area contributed by atoms with Crippen molar-refractivity contribution in [1.29, 1.82) is 0 Å². The molecule has 2 aromatic carbocycles. The van der Waals surface area contributed by atoms with Gasteiger partial charge in [-0.25, -0.2) is 8.78 Å². The van der Waals surface area contributed by atoms with Gasteiger partial charge in [0.15, 0.2) is 0 Å². The Morgan fingerprint density at radius 3 is 2.53 bits per heavy atom. The molecule has 0 aliphatic rings. The number of hydrogen-bond donors (Lipinski definition) is 1. The second kappa shape index (κ2) is 6.13. The van der Waals surface area contributed by atoms with E-state index in [0.717, 1.165) is 0 Å². The molecule has 0 saturated carbocycles. The number of rotatable bonds is 4. The predicted octanol–water partition coefficient (Wildman–Crippen LogP) is 3.76. The van der Waals surface area contributed by atoms with Crippen molar-refractivity contribution in [3.8, 4) is 0 Å². The van der Waals surface area contributed by atoms with Crippen LogP contribution in [0.3, 0.4) is 0 Å². The van der Waals surface area contributed by atoms with E-state index in [-0.39, 0.29) is 18.7 Å². The van der Waals surface area contributed by atoms with E-state index < -0.39 is 11.9 Å². The van der Waals surface area contributed by atoms with Crippen LogP contribution in [0.2, 0.25) is 5.02 Å². The minimum Gasteiger partial charge on any atom is -0.392 e. The minimum absolute atomic E-state index is 0.166. The molecule has 100 valence electrons. The van der Waals surface area contributed by atoms with Gasteiger partial charge in [0.05, 0.1) is 6.10 Å². The molecule has 4 heteroatoms. The molecule has 1 unspecified atom stereocenters. The molecule has 1 nitrogen and oxygen atoms in total. The Morgan fingerprint density at radius 2 is 1.84 bits per heavy atom. The van der Waals surface area contributed by atoms with E-state index in [9.17, 15) is 13.9 Å². The first kappa shape index (κ1) is 14.0. The number of halogens is 3. The zero-order chi connectivity index (χ0) is 13.8. The van der Waals surface area contributed by atoms with Crippen LogP contribution in [0.25, 0.3) is 0 Å². The maximum atomic E-state index is 13.6. The lowest BCUT2D eigenvalue weighted by Gasteiger charge is -2.11. The van der Waals surface area contributed by atoms with E-state index in [1.54, 1.807) is 24.3 Å². The highest BCUT2D eigenvalue weighted by Crippen LogP contribution is 2.17. The van der Waals surface area contributed by atoms with E-state index in [0.29, 0.717) is 16.1 Å². The van der Waals surface area contributed by atoms with Crippen molar-refractivity contribution < 1.29 is 13.9 Å². The summed E-state index contributed by atoms with van der Waals surface area (Å²) in [5.41, 5.74) is 1.08. The Morgan fingerprint density at radius 1 is 1.05 bits per heavy atom. The van der Waals surface area contributed by atoms with E-state index in [2.05, 4.69) is 0 Å². The molecule has 2 aromatic rings. The van der Waals surface area contributed by atoms with Crippen LogP contribution in [-0.2, 0) is 12.8 Å². The number of aliphatic hydroxyl groups excluding tert-OH is 1. The van der Waals surface area contributed by atoms with Gasteiger partial charge in [0.25, 0.3) is 0 Å². The van der Waals surface area contributed by atoms with Crippen molar-refractivity contribution in [2.24, 2.45) is 0 Å². The summed E-state index contributed by atoms with van der Waals surface area (Å²) in [6.07, 6.45) is -0.322. The molecule has 0 spiro atoms. The predicted molar refractivity (Wildman–Crippen MR) is 71.2 cm³/mol. The summed E-state index contributed by atoms with van der Waals surface area (Å²) in [6, 6.07) is 10.4. The molecule has 0 radical (unpaired) electrons. The second-order valence-corrected chi connectivity index (χ2v) is 4.86. The van der Waals surface area contributed by atoms with Crippen LogP contribution in [0.15, 0.2) is 42.5 Å². The third-order valence-corrected chi connectivity index (χ3v) is 3.07. The largest absolute Gasteiger partial charge is 0.392 e. The smallest absolute Gasteiger partial charge is 0.127 e. The maximum Gasteiger partial charge on any atom is 0.127 e. The number of benzene rings is 2. The molecule has 0 bridgehead atoms. The third-order valence-electron chi connectivity index (χ3n) is 2.83. The Hall–Kier alpha value is -1.45. The van der Waals surface area contributed by atoms with Crippen LogP contribution in [-0.4, -0.2) is 11.2 Å². The van der Waals surface area contributed by atoms with E-state index in [1.165, 1.54) is 18.2 Å². The molecule has 0 aromatic heterocycles. The van der Waals surface area contributed by atoms with Gasteiger partial charge in [-0.15, -0.1) is 0 Å². The van der Waals surface area contributed by atoms with Crippen molar-refractivity contribution in [3.05, 3.63) is 70.2 Å². The highest BCUT2D eigenvalue weighted by Gasteiger charge is 2.11. The lowest BCUT2D eigenvalue weighted by Crippen LogP contribution is -2.15. The van der Waals surface area contributed by atoms with Gasteiger partial charge in [-0.1, -0.05) is 29.8 Å². The van der Waals surface area contributed by atoms with Gasteiger partial charge in [0.1, 0.15) is 11.6 Å². The molecule has 0 aliphatic heterocycles. The van der Waals surface area contributed by atoms with Crippen LogP contribution >= 0.6 is 11.6 Å². The average molecular weight is 283 g/mol. The Bertz CT molecular complexity index is 572. The number of aliphatic hydroxyl groups is 1. The normalized spacial score (nSPS) is 12.4. The standard InChI is InChI=1S/C15H13ClF2O/c16-12-5-4-11(15(18)9-12)8-14(19)7-10-2-1-3-13(17)6-10/h1-6,9,14,19H,7-8H2. The molecular formula is C15H13ClF2O. The van der Waals surface area contributed by atoms with E-state index >= 15 is 0 Å². The summed E-state index contributed by atoms with van der Waals surface area (Å²) < 4.78 is 26.6. The first-order valence-corrected chi connectivity index (χ1v) is 6.29. The SMILES string of the molecule is OC(Cc1cccc(F)c1)Cc1ccc(Cl)cc1F. The zero-order valence-electron chi connectivity index (χ0n) is 10.1. The van der Waals surface area contributed by atoms with Crippen molar-refractivity contribution in [2.75, 3.05) is 0 Å². The van der Waals surface area contributed by atoms with E-state index in [4.69, 9.17) is 11.6 Å².